The number of nitrogens with zero attached hydrogens (tertiary/aromatic N) is 1. The number of amides is 1. The molecule has 2 atom stereocenters. The monoisotopic (exact) mass is 262 g/mol. The minimum atomic E-state index is -0.00381. The Kier molecular flexibility index (Phi) is 3.35. The summed E-state index contributed by atoms with van der Waals surface area (Å²) in [5, 5.41) is 0. The van der Waals surface area contributed by atoms with Crippen molar-refractivity contribution in [2.24, 2.45) is 11.7 Å². The van der Waals surface area contributed by atoms with E-state index in [0.29, 0.717) is 25.4 Å². The van der Waals surface area contributed by atoms with Crippen LogP contribution >= 0.6 is 0 Å². The maximum absolute atomic E-state index is 12.2. The van der Waals surface area contributed by atoms with Gasteiger partial charge in [0.05, 0.1) is 5.92 Å². The molecule has 1 saturated carbocycles. The van der Waals surface area contributed by atoms with Gasteiger partial charge in [-0.1, -0.05) is 6.42 Å². The highest BCUT2D eigenvalue weighted by Gasteiger charge is 2.36. The first-order chi connectivity index (χ1) is 9.13. The minimum Gasteiger partial charge on any atom is -0.466 e. The third-order valence-corrected chi connectivity index (χ3v) is 4.53. The van der Waals surface area contributed by atoms with Gasteiger partial charge in [0.25, 0.3) is 0 Å². The SMILES string of the molecule is Cc1ccc([C@H]2CN(C(=O)CC3CCC3)C[C@@H]2N)o1. The topological polar surface area (TPSA) is 59.5 Å². The lowest BCUT2D eigenvalue weighted by Gasteiger charge is -2.27. The van der Waals surface area contributed by atoms with E-state index in [1.807, 2.05) is 24.0 Å². The number of furan rings is 1. The highest BCUT2D eigenvalue weighted by atomic mass is 16.3. The van der Waals surface area contributed by atoms with Crippen LogP contribution in [-0.2, 0) is 4.79 Å². The molecule has 4 nitrogen and oxygen atoms in total. The molecule has 0 radical (unpaired) electrons. The normalized spacial score (nSPS) is 27.6. The zero-order valence-electron chi connectivity index (χ0n) is 11.5. The highest BCUT2D eigenvalue weighted by Crippen LogP contribution is 2.32. The molecule has 104 valence electrons. The fourth-order valence-electron chi connectivity index (χ4n) is 3.06. The Morgan fingerprint density at radius 2 is 2.21 bits per heavy atom. The quantitative estimate of drug-likeness (QED) is 0.906. The van der Waals surface area contributed by atoms with Gasteiger partial charge in [-0.25, -0.2) is 0 Å². The van der Waals surface area contributed by atoms with E-state index < -0.39 is 0 Å². The number of nitrogens with two attached hydrogens (primary N) is 1. The van der Waals surface area contributed by atoms with Crippen LogP contribution < -0.4 is 5.73 Å². The molecule has 2 aliphatic rings. The van der Waals surface area contributed by atoms with Crippen molar-refractivity contribution in [2.75, 3.05) is 13.1 Å². The van der Waals surface area contributed by atoms with Crippen molar-refractivity contribution in [3.8, 4) is 0 Å². The van der Waals surface area contributed by atoms with Crippen molar-refractivity contribution in [2.45, 2.75) is 44.6 Å². The third-order valence-electron chi connectivity index (χ3n) is 4.53. The summed E-state index contributed by atoms with van der Waals surface area (Å²) in [4.78, 5) is 14.1. The molecule has 3 rings (SSSR count). The summed E-state index contributed by atoms with van der Waals surface area (Å²) in [7, 11) is 0. The molecule has 0 aromatic carbocycles. The maximum Gasteiger partial charge on any atom is 0.222 e. The number of carbonyl (C=O) groups is 1. The van der Waals surface area contributed by atoms with Gasteiger partial charge in [0, 0.05) is 25.6 Å². The van der Waals surface area contributed by atoms with Gasteiger partial charge >= 0.3 is 0 Å². The summed E-state index contributed by atoms with van der Waals surface area (Å²) in [6, 6.07) is 3.94. The first kappa shape index (κ1) is 12.7. The van der Waals surface area contributed by atoms with E-state index >= 15 is 0 Å². The molecule has 0 spiro atoms. The highest BCUT2D eigenvalue weighted by molar-refractivity contribution is 5.77. The van der Waals surface area contributed by atoms with Crippen LogP contribution in [0.3, 0.4) is 0 Å². The third kappa shape index (κ3) is 2.54. The average Bonchev–Trinajstić information content (AvgIpc) is 2.89. The van der Waals surface area contributed by atoms with E-state index in [4.69, 9.17) is 10.2 Å². The van der Waals surface area contributed by atoms with Crippen LogP contribution in [0.15, 0.2) is 16.5 Å². The van der Waals surface area contributed by atoms with E-state index in [2.05, 4.69) is 0 Å². The van der Waals surface area contributed by atoms with Gasteiger partial charge in [-0.05, 0) is 37.8 Å². The Hall–Kier alpha value is -1.29. The van der Waals surface area contributed by atoms with Crippen LogP contribution in [0, 0.1) is 12.8 Å². The lowest BCUT2D eigenvalue weighted by Crippen LogP contribution is -2.34. The lowest BCUT2D eigenvalue weighted by atomic mass is 9.83. The molecule has 1 saturated heterocycles. The van der Waals surface area contributed by atoms with Gasteiger partial charge in [-0.3, -0.25) is 4.79 Å². The summed E-state index contributed by atoms with van der Waals surface area (Å²) in [6.07, 6.45) is 4.42. The van der Waals surface area contributed by atoms with Crippen LogP contribution in [0.25, 0.3) is 0 Å². The number of carbonyl (C=O) groups excluding carboxylic acids is 1. The Morgan fingerprint density at radius 1 is 1.42 bits per heavy atom. The summed E-state index contributed by atoms with van der Waals surface area (Å²) >= 11 is 0. The summed E-state index contributed by atoms with van der Waals surface area (Å²) < 4.78 is 5.66. The molecule has 1 aromatic heterocycles. The molecule has 1 aliphatic heterocycles. The standard InChI is InChI=1S/C15H22N2O2/c1-10-5-6-14(19-10)12-8-17(9-13(12)16)15(18)7-11-3-2-4-11/h5-6,11-13H,2-4,7-9,16H2,1H3/t12-,13-/m0/s1. The number of hydrogen-bond donors (Lipinski definition) is 1. The Labute approximate surface area is 113 Å². The average molecular weight is 262 g/mol. The first-order valence-corrected chi connectivity index (χ1v) is 7.23. The smallest absolute Gasteiger partial charge is 0.222 e. The van der Waals surface area contributed by atoms with Gasteiger partial charge < -0.3 is 15.1 Å². The van der Waals surface area contributed by atoms with Crippen LogP contribution in [0.5, 0.6) is 0 Å². The van der Waals surface area contributed by atoms with Gasteiger partial charge in [0.1, 0.15) is 11.5 Å². The molecular weight excluding hydrogens is 240 g/mol. The molecule has 2 fully saturated rings. The van der Waals surface area contributed by atoms with Gasteiger partial charge in [-0.15, -0.1) is 0 Å². The Morgan fingerprint density at radius 3 is 2.79 bits per heavy atom. The van der Waals surface area contributed by atoms with E-state index in [9.17, 15) is 4.79 Å². The van der Waals surface area contributed by atoms with E-state index in [0.717, 1.165) is 11.5 Å². The largest absolute Gasteiger partial charge is 0.466 e. The predicted octanol–water partition coefficient (Wildman–Crippen LogP) is 2.03. The molecule has 1 aromatic rings. The molecular formula is C15H22N2O2. The Balaban J connectivity index is 1.62. The maximum atomic E-state index is 12.2. The minimum absolute atomic E-state index is 0.00381. The van der Waals surface area contributed by atoms with Crippen molar-refractivity contribution >= 4 is 5.91 Å². The lowest BCUT2D eigenvalue weighted by molar-refractivity contribution is -0.131. The van der Waals surface area contributed by atoms with Crippen LogP contribution in [0.1, 0.15) is 43.1 Å². The first-order valence-electron chi connectivity index (χ1n) is 7.23. The molecule has 4 heteroatoms. The molecule has 2 heterocycles. The Bertz CT molecular complexity index is 464. The second-order valence-corrected chi connectivity index (χ2v) is 6.02. The van der Waals surface area contributed by atoms with Crippen LogP contribution in [0.2, 0.25) is 0 Å². The zero-order chi connectivity index (χ0) is 13.4. The molecule has 2 N–H and O–H groups in total. The second kappa shape index (κ2) is 5.00. The summed E-state index contributed by atoms with van der Waals surface area (Å²) in [6.45, 7) is 3.30. The van der Waals surface area contributed by atoms with Crippen molar-refractivity contribution in [1.82, 2.24) is 4.90 Å². The predicted molar refractivity (Wildman–Crippen MR) is 72.7 cm³/mol. The van der Waals surface area contributed by atoms with Crippen molar-refractivity contribution in [3.05, 3.63) is 23.7 Å². The number of aryl methyl sites for hydroxylation is 1. The second-order valence-electron chi connectivity index (χ2n) is 6.02. The van der Waals surface area contributed by atoms with Crippen molar-refractivity contribution < 1.29 is 9.21 Å². The van der Waals surface area contributed by atoms with Crippen LogP contribution in [-0.4, -0.2) is 29.9 Å². The molecule has 1 aliphatic carbocycles. The zero-order valence-corrected chi connectivity index (χ0v) is 11.5. The fraction of sp³-hybridized carbons (Fsp3) is 0.667. The molecule has 1 amide bonds. The van der Waals surface area contributed by atoms with Crippen LogP contribution in [0.4, 0.5) is 0 Å². The van der Waals surface area contributed by atoms with Crippen molar-refractivity contribution in [3.63, 3.8) is 0 Å². The number of likely N-dealkylation sites (tertiary alicyclic amines) is 1. The van der Waals surface area contributed by atoms with Gasteiger partial charge in [0.15, 0.2) is 0 Å². The van der Waals surface area contributed by atoms with Gasteiger partial charge in [-0.2, -0.15) is 0 Å². The molecule has 0 bridgehead atoms. The molecule has 19 heavy (non-hydrogen) atoms. The van der Waals surface area contributed by atoms with E-state index in [1.54, 1.807) is 0 Å². The van der Waals surface area contributed by atoms with Crippen molar-refractivity contribution in [1.29, 1.82) is 0 Å². The van der Waals surface area contributed by atoms with Gasteiger partial charge in [0.2, 0.25) is 5.91 Å². The van der Waals surface area contributed by atoms with E-state index in [-0.39, 0.29) is 17.9 Å². The number of rotatable bonds is 3. The summed E-state index contributed by atoms with van der Waals surface area (Å²) in [5.41, 5.74) is 6.17. The van der Waals surface area contributed by atoms with E-state index in [1.165, 1.54) is 19.3 Å². The fourth-order valence-corrected chi connectivity index (χ4v) is 3.06. The summed E-state index contributed by atoms with van der Waals surface area (Å²) in [5.74, 6) is 2.86. The molecule has 0 unspecified atom stereocenters. The number of hydrogen-bond acceptors (Lipinski definition) is 3.